The predicted molar refractivity (Wildman–Crippen MR) is 91.7 cm³/mol. The number of benzene rings is 1. The van der Waals surface area contributed by atoms with Gasteiger partial charge in [-0.15, -0.1) is 0 Å². The number of nitrogens with zero attached hydrogens (tertiary/aromatic N) is 1. The highest BCUT2D eigenvalue weighted by molar-refractivity contribution is 9.10. The van der Waals surface area contributed by atoms with Crippen molar-refractivity contribution in [2.75, 3.05) is 18.5 Å². The summed E-state index contributed by atoms with van der Waals surface area (Å²) in [6, 6.07) is 8.93. The van der Waals surface area contributed by atoms with Crippen LogP contribution in [-0.2, 0) is 6.54 Å². The number of furan rings is 1. The lowest BCUT2D eigenvalue weighted by molar-refractivity contribution is 0.563. The van der Waals surface area contributed by atoms with E-state index in [4.69, 9.17) is 4.42 Å². The molecule has 0 aliphatic rings. The largest absolute Gasteiger partial charge is 0.472 e. The molecule has 0 radical (unpaired) electrons. The summed E-state index contributed by atoms with van der Waals surface area (Å²) in [4.78, 5) is 2.21. The lowest BCUT2D eigenvalue weighted by Crippen LogP contribution is -2.20. The summed E-state index contributed by atoms with van der Waals surface area (Å²) in [5, 5.41) is 3.51. The van der Waals surface area contributed by atoms with Gasteiger partial charge in [0, 0.05) is 29.7 Å². The first kappa shape index (κ1) is 16.1. The highest BCUT2D eigenvalue weighted by Crippen LogP contribution is 2.29. The fraction of sp³-hybridized carbons (Fsp3) is 0.412. The zero-order valence-electron chi connectivity index (χ0n) is 12.9. The summed E-state index contributed by atoms with van der Waals surface area (Å²) in [6.45, 7) is 6.26. The maximum absolute atomic E-state index is 5.12. The Morgan fingerprint density at radius 3 is 2.76 bits per heavy atom. The van der Waals surface area contributed by atoms with Crippen LogP contribution >= 0.6 is 15.9 Å². The molecule has 0 aliphatic heterocycles. The predicted octanol–water partition coefficient (Wildman–Crippen LogP) is 4.74. The summed E-state index contributed by atoms with van der Waals surface area (Å²) in [5.74, 6) is 0. The van der Waals surface area contributed by atoms with Crippen LogP contribution in [-0.4, -0.2) is 13.6 Å². The molecular formula is C17H23BrN2O. The maximum Gasteiger partial charge on any atom is 0.0952 e. The lowest BCUT2D eigenvalue weighted by Gasteiger charge is -2.22. The molecule has 2 rings (SSSR count). The van der Waals surface area contributed by atoms with E-state index >= 15 is 0 Å². The number of rotatable bonds is 7. The molecule has 0 fully saturated rings. The van der Waals surface area contributed by atoms with Gasteiger partial charge in [-0.05, 0) is 59.6 Å². The minimum atomic E-state index is 0.370. The molecule has 4 heteroatoms. The van der Waals surface area contributed by atoms with Crippen molar-refractivity contribution < 1.29 is 4.42 Å². The van der Waals surface area contributed by atoms with Gasteiger partial charge in [-0.3, -0.25) is 0 Å². The number of hydrogen-bond acceptors (Lipinski definition) is 3. The van der Waals surface area contributed by atoms with E-state index in [2.05, 4.69) is 65.2 Å². The minimum Gasteiger partial charge on any atom is -0.472 e. The Kier molecular flexibility index (Phi) is 5.88. The number of hydrogen-bond donors (Lipinski definition) is 1. The molecule has 0 spiro atoms. The van der Waals surface area contributed by atoms with Gasteiger partial charge in [0.05, 0.1) is 18.2 Å². The van der Waals surface area contributed by atoms with Gasteiger partial charge in [-0.2, -0.15) is 0 Å². The van der Waals surface area contributed by atoms with Gasteiger partial charge in [0.25, 0.3) is 0 Å². The van der Waals surface area contributed by atoms with E-state index in [0.29, 0.717) is 6.04 Å². The number of halogens is 1. The van der Waals surface area contributed by atoms with Crippen LogP contribution in [0.4, 0.5) is 5.69 Å². The average molecular weight is 351 g/mol. The van der Waals surface area contributed by atoms with Crippen molar-refractivity contribution in [1.29, 1.82) is 0 Å². The van der Waals surface area contributed by atoms with Gasteiger partial charge in [0.2, 0.25) is 0 Å². The zero-order chi connectivity index (χ0) is 15.2. The van der Waals surface area contributed by atoms with E-state index in [9.17, 15) is 0 Å². The van der Waals surface area contributed by atoms with Crippen molar-refractivity contribution in [3.63, 3.8) is 0 Å². The van der Waals surface area contributed by atoms with Crippen molar-refractivity contribution in [3.8, 4) is 0 Å². The van der Waals surface area contributed by atoms with E-state index in [1.54, 1.807) is 12.5 Å². The van der Waals surface area contributed by atoms with Crippen LogP contribution in [0, 0.1) is 0 Å². The van der Waals surface area contributed by atoms with Crippen molar-refractivity contribution in [2.45, 2.75) is 32.9 Å². The third-order valence-electron chi connectivity index (χ3n) is 3.58. The Morgan fingerprint density at radius 2 is 2.14 bits per heavy atom. The molecule has 0 saturated carbocycles. The summed E-state index contributed by atoms with van der Waals surface area (Å²) < 4.78 is 6.24. The highest BCUT2D eigenvalue weighted by atomic mass is 79.9. The Labute approximate surface area is 135 Å². The first-order chi connectivity index (χ1) is 10.1. The van der Waals surface area contributed by atoms with Crippen LogP contribution in [0.5, 0.6) is 0 Å². The van der Waals surface area contributed by atoms with Gasteiger partial charge in [-0.1, -0.05) is 13.0 Å². The molecule has 0 aliphatic carbocycles. The Hall–Kier alpha value is -1.26. The van der Waals surface area contributed by atoms with E-state index < -0.39 is 0 Å². The first-order valence-electron chi connectivity index (χ1n) is 7.37. The molecule has 1 atom stereocenters. The molecule has 1 unspecified atom stereocenters. The van der Waals surface area contributed by atoms with Crippen LogP contribution < -0.4 is 10.2 Å². The monoisotopic (exact) mass is 350 g/mol. The maximum atomic E-state index is 5.12. The highest BCUT2D eigenvalue weighted by Gasteiger charge is 2.11. The molecule has 0 amide bonds. The van der Waals surface area contributed by atoms with E-state index in [1.165, 1.54) is 16.8 Å². The fourth-order valence-electron chi connectivity index (χ4n) is 2.32. The molecule has 1 heterocycles. The third kappa shape index (κ3) is 4.35. The van der Waals surface area contributed by atoms with Crippen LogP contribution in [0.15, 0.2) is 45.7 Å². The molecule has 1 aromatic carbocycles. The number of anilines is 1. The summed E-state index contributed by atoms with van der Waals surface area (Å²) >= 11 is 3.70. The minimum absolute atomic E-state index is 0.370. The Bertz CT molecular complexity index is 554. The van der Waals surface area contributed by atoms with Gasteiger partial charge >= 0.3 is 0 Å². The molecule has 1 aromatic heterocycles. The second-order valence-electron chi connectivity index (χ2n) is 5.37. The van der Waals surface area contributed by atoms with Crippen molar-refractivity contribution in [1.82, 2.24) is 5.32 Å². The Morgan fingerprint density at radius 1 is 1.33 bits per heavy atom. The van der Waals surface area contributed by atoms with Crippen LogP contribution in [0.2, 0.25) is 0 Å². The van der Waals surface area contributed by atoms with Crippen LogP contribution in [0.3, 0.4) is 0 Å². The van der Waals surface area contributed by atoms with E-state index in [1.807, 2.05) is 6.07 Å². The molecule has 1 N–H and O–H groups in total. The number of nitrogens with one attached hydrogen (secondary N) is 1. The van der Waals surface area contributed by atoms with Gasteiger partial charge < -0.3 is 14.6 Å². The Balaban J connectivity index is 2.07. The summed E-state index contributed by atoms with van der Waals surface area (Å²) in [7, 11) is 2.09. The van der Waals surface area contributed by atoms with Crippen LogP contribution in [0.1, 0.15) is 37.4 Å². The zero-order valence-corrected chi connectivity index (χ0v) is 14.5. The summed E-state index contributed by atoms with van der Waals surface area (Å²) in [6.07, 6.45) is 4.65. The van der Waals surface area contributed by atoms with Gasteiger partial charge in [0.15, 0.2) is 0 Å². The smallest absolute Gasteiger partial charge is 0.0952 e. The lowest BCUT2D eigenvalue weighted by atomic mass is 10.1. The molecule has 0 saturated heterocycles. The molecule has 2 aromatic rings. The third-order valence-corrected chi connectivity index (χ3v) is 4.22. The first-order valence-corrected chi connectivity index (χ1v) is 8.16. The fourth-order valence-corrected chi connectivity index (χ4v) is 3.02. The van der Waals surface area contributed by atoms with Crippen LogP contribution in [0.25, 0.3) is 0 Å². The molecular weight excluding hydrogens is 328 g/mol. The van der Waals surface area contributed by atoms with Gasteiger partial charge in [-0.25, -0.2) is 0 Å². The van der Waals surface area contributed by atoms with Gasteiger partial charge in [0.1, 0.15) is 0 Å². The standard InChI is InChI=1S/C17H23BrN2O/c1-4-8-19-13(2)15-5-6-17(16(18)10-15)20(3)11-14-7-9-21-12-14/h5-7,9-10,12-13,19H,4,8,11H2,1-3H3. The molecule has 21 heavy (non-hydrogen) atoms. The average Bonchev–Trinajstić information content (AvgIpc) is 2.97. The van der Waals surface area contributed by atoms with Crippen molar-refractivity contribution in [2.24, 2.45) is 0 Å². The SMILES string of the molecule is CCCNC(C)c1ccc(N(C)Cc2ccoc2)c(Br)c1. The molecule has 114 valence electrons. The van der Waals surface area contributed by atoms with Crippen molar-refractivity contribution >= 4 is 21.6 Å². The second kappa shape index (κ2) is 7.66. The van der Waals surface area contributed by atoms with E-state index in [0.717, 1.165) is 24.0 Å². The van der Waals surface area contributed by atoms with E-state index in [-0.39, 0.29) is 0 Å². The molecule has 0 bridgehead atoms. The topological polar surface area (TPSA) is 28.4 Å². The second-order valence-corrected chi connectivity index (χ2v) is 6.23. The van der Waals surface area contributed by atoms with Crippen molar-refractivity contribution in [3.05, 3.63) is 52.4 Å². The summed E-state index contributed by atoms with van der Waals surface area (Å²) in [5.41, 5.74) is 3.66. The normalized spacial score (nSPS) is 12.4. The molecule has 3 nitrogen and oxygen atoms in total. The quantitative estimate of drug-likeness (QED) is 0.781.